The molecule has 1 saturated carbocycles. The Labute approximate surface area is 99.0 Å². The molecule has 1 aliphatic rings. The summed E-state index contributed by atoms with van der Waals surface area (Å²) in [6, 6.07) is 5.92. The van der Waals surface area contributed by atoms with Crippen LogP contribution in [0.1, 0.15) is 30.9 Å². The van der Waals surface area contributed by atoms with Crippen molar-refractivity contribution in [1.29, 1.82) is 0 Å². The van der Waals surface area contributed by atoms with Crippen LogP contribution in [0, 0.1) is 5.92 Å². The third-order valence-electron chi connectivity index (χ3n) is 3.30. The SMILES string of the molecule is CCC1CC1NCc1ccc(C(F)(F)F)cc1. The predicted molar refractivity (Wildman–Crippen MR) is 60.5 cm³/mol. The zero-order valence-electron chi connectivity index (χ0n) is 9.72. The Morgan fingerprint density at radius 1 is 1.24 bits per heavy atom. The highest BCUT2D eigenvalue weighted by Crippen LogP contribution is 2.33. The van der Waals surface area contributed by atoms with E-state index in [9.17, 15) is 13.2 Å². The number of halogens is 3. The highest BCUT2D eigenvalue weighted by Gasteiger charge is 2.34. The minimum absolute atomic E-state index is 0.558. The maximum atomic E-state index is 12.3. The molecule has 4 heteroatoms. The number of nitrogens with one attached hydrogen (secondary N) is 1. The first-order valence-electron chi connectivity index (χ1n) is 5.90. The Balaban J connectivity index is 1.86. The maximum absolute atomic E-state index is 12.3. The first-order chi connectivity index (χ1) is 8.00. The van der Waals surface area contributed by atoms with Gasteiger partial charge in [0.05, 0.1) is 5.56 Å². The molecule has 0 spiro atoms. The van der Waals surface area contributed by atoms with E-state index in [-0.39, 0.29) is 0 Å². The van der Waals surface area contributed by atoms with Gasteiger partial charge < -0.3 is 5.32 Å². The topological polar surface area (TPSA) is 12.0 Å². The minimum Gasteiger partial charge on any atom is -0.310 e. The molecule has 1 fully saturated rings. The number of hydrogen-bond acceptors (Lipinski definition) is 1. The largest absolute Gasteiger partial charge is 0.416 e. The van der Waals surface area contributed by atoms with Crippen LogP contribution in [0.25, 0.3) is 0 Å². The quantitative estimate of drug-likeness (QED) is 0.852. The van der Waals surface area contributed by atoms with Crippen LogP contribution in [0.5, 0.6) is 0 Å². The summed E-state index contributed by atoms with van der Waals surface area (Å²) in [5, 5.41) is 3.35. The van der Waals surface area contributed by atoms with Gasteiger partial charge in [-0.2, -0.15) is 13.2 Å². The van der Waals surface area contributed by atoms with Crippen molar-refractivity contribution in [2.24, 2.45) is 5.92 Å². The van der Waals surface area contributed by atoms with Crippen molar-refractivity contribution in [2.45, 2.75) is 38.5 Å². The Morgan fingerprint density at radius 3 is 2.35 bits per heavy atom. The van der Waals surface area contributed by atoms with Crippen LogP contribution in [-0.2, 0) is 12.7 Å². The van der Waals surface area contributed by atoms with Gasteiger partial charge in [-0.1, -0.05) is 25.5 Å². The number of alkyl halides is 3. The molecular weight excluding hydrogens is 227 g/mol. The summed E-state index contributed by atoms with van der Waals surface area (Å²) < 4.78 is 37.0. The number of benzene rings is 1. The summed E-state index contributed by atoms with van der Waals surface area (Å²) in [5.74, 6) is 0.754. The van der Waals surface area contributed by atoms with Crippen LogP contribution in [0.4, 0.5) is 13.2 Å². The zero-order valence-corrected chi connectivity index (χ0v) is 9.72. The highest BCUT2D eigenvalue weighted by atomic mass is 19.4. The molecule has 1 aromatic carbocycles. The van der Waals surface area contributed by atoms with Crippen molar-refractivity contribution in [3.05, 3.63) is 35.4 Å². The summed E-state index contributed by atoms with van der Waals surface area (Å²) in [4.78, 5) is 0. The van der Waals surface area contributed by atoms with Gasteiger partial charge >= 0.3 is 6.18 Å². The average molecular weight is 243 g/mol. The van der Waals surface area contributed by atoms with E-state index in [1.165, 1.54) is 12.8 Å². The van der Waals surface area contributed by atoms with E-state index in [4.69, 9.17) is 0 Å². The molecule has 2 atom stereocenters. The maximum Gasteiger partial charge on any atom is 0.416 e. The lowest BCUT2D eigenvalue weighted by molar-refractivity contribution is -0.137. The molecule has 1 N–H and O–H groups in total. The Morgan fingerprint density at radius 2 is 1.88 bits per heavy atom. The molecule has 2 unspecified atom stereocenters. The van der Waals surface area contributed by atoms with Crippen molar-refractivity contribution >= 4 is 0 Å². The molecule has 1 aliphatic carbocycles. The van der Waals surface area contributed by atoms with Crippen molar-refractivity contribution in [2.75, 3.05) is 0 Å². The zero-order chi connectivity index (χ0) is 12.5. The fourth-order valence-electron chi connectivity index (χ4n) is 2.01. The predicted octanol–water partition coefficient (Wildman–Crippen LogP) is 3.59. The van der Waals surface area contributed by atoms with Crippen molar-refractivity contribution in [3.8, 4) is 0 Å². The van der Waals surface area contributed by atoms with Gasteiger partial charge in [0, 0.05) is 12.6 Å². The summed E-state index contributed by atoms with van der Waals surface area (Å²) >= 11 is 0. The van der Waals surface area contributed by atoms with E-state index in [0.717, 1.165) is 23.6 Å². The van der Waals surface area contributed by atoms with Crippen LogP contribution in [0.15, 0.2) is 24.3 Å². The van der Waals surface area contributed by atoms with Crippen molar-refractivity contribution in [3.63, 3.8) is 0 Å². The van der Waals surface area contributed by atoms with Crippen LogP contribution in [0.2, 0.25) is 0 Å². The number of rotatable bonds is 4. The third kappa shape index (κ3) is 3.22. The standard InChI is InChI=1S/C13H16F3N/c1-2-10-7-12(10)17-8-9-3-5-11(6-4-9)13(14,15)16/h3-6,10,12,17H,2,7-8H2,1H3. The second kappa shape index (κ2) is 4.69. The highest BCUT2D eigenvalue weighted by molar-refractivity contribution is 5.24. The molecule has 0 aliphatic heterocycles. The summed E-state index contributed by atoms with van der Waals surface area (Å²) in [6.45, 7) is 2.81. The first kappa shape index (κ1) is 12.4. The van der Waals surface area contributed by atoms with E-state index < -0.39 is 11.7 Å². The van der Waals surface area contributed by atoms with Crippen LogP contribution in [0.3, 0.4) is 0 Å². The molecule has 1 nitrogen and oxygen atoms in total. The fraction of sp³-hybridized carbons (Fsp3) is 0.538. The van der Waals surface area contributed by atoms with Gasteiger partial charge in [-0.25, -0.2) is 0 Å². The Kier molecular flexibility index (Phi) is 3.43. The van der Waals surface area contributed by atoms with Gasteiger partial charge in [0.2, 0.25) is 0 Å². The van der Waals surface area contributed by atoms with E-state index in [2.05, 4.69) is 12.2 Å². The smallest absolute Gasteiger partial charge is 0.310 e. The van der Waals surface area contributed by atoms with Gasteiger partial charge in [0.25, 0.3) is 0 Å². The molecular formula is C13H16F3N. The monoisotopic (exact) mass is 243 g/mol. The second-order valence-corrected chi connectivity index (χ2v) is 4.59. The lowest BCUT2D eigenvalue weighted by Gasteiger charge is -2.08. The summed E-state index contributed by atoms with van der Waals surface area (Å²) in [5.41, 5.74) is 0.318. The number of hydrogen-bond donors (Lipinski definition) is 1. The lowest BCUT2D eigenvalue weighted by Crippen LogP contribution is -2.17. The summed E-state index contributed by atoms with van der Waals surface area (Å²) in [7, 11) is 0. The van der Waals surface area contributed by atoms with Crippen LogP contribution < -0.4 is 5.32 Å². The molecule has 0 amide bonds. The molecule has 0 aromatic heterocycles. The average Bonchev–Trinajstić information content (AvgIpc) is 3.04. The van der Waals surface area contributed by atoms with Gasteiger partial charge in [-0.05, 0) is 30.0 Å². The molecule has 17 heavy (non-hydrogen) atoms. The lowest BCUT2D eigenvalue weighted by atomic mass is 10.1. The van der Waals surface area contributed by atoms with E-state index in [0.29, 0.717) is 12.6 Å². The Hall–Kier alpha value is -1.03. The van der Waals surface area contributed by atoms with E-state index >= 15 is 0 Å². The second-order valence-electron chi connectivity index (χ2n) is 4.59. The normalized spacial score (nSPS) is 23.8. The first-order valence-corrected chi connectivity index (χ1v) is 5.90. The van der Waals surface area contributed by atoms with Crippen molar-refractivity contribution < 1.29 is 13.2 Å². The van der Waals surface area contributed by atoms with Gasteiger partial charge in [0.1, 0.15) is 0 Å². The molecule has 0 radical (unpaired) electrons. The molecule has 0 bridgehead atoms. The Bertz CT molecular complexity index is 369. The molecule has 94 valence electrons. The van der Waals surface area contributed by atoms with E-state index in [1.54, 1.807) is 12.1 Å². The van der Waals surface area contributed by atoms with Gasteiger partial charge in [-0.15, -0.1) is 0 Å². The molecule has 0 heterocycles. The van der Waals surface area contributed by atoms with Gasteiger partial charge in [0.15, 0.2) is 0 Å². The van der Waals surface area contributed by atoms with Crippen LogP contribution >= 0.6 is 0 Å². The third-order valence-corrected chi connectivity index (χ3v) is 3.30. The molecule has 0 saturated heterocycles. The fourth-order valence-corrected chi connectivity index (χ4v) is 2.01. The molecule has 2 rings (SSSR count). The molecule has 1 aromatic rings. The van der Waals surface area contributed by atoms with Crippen LogP contribution in [-0.4, -0.2) is 6.04 Å². The van der Waals surface area contributed by atoms with E-state index in [1.807, 2.05) is 0 Å². The van der Waals surface area contributed by atoms with Crippen molar-refractivity contribution in [1.82, 2.24) is 5.32 Å². The van der Waals surface area contributed by atoms with Gasteiger partial charge in [-0.3, -0.25) is 0 Å². The summed E-state index contributed by atoms with van der Waals surface area (Å²) in [6.07, 6.45) is -1.88. The minimum atomic E-state index is -4.24.